The summed E-state index contributed by atoms with van der Waals surface area (Å²) in [5.41, 5.74) is -0.140. The molecule has 1 unspecified atom stereocenters. The van der Waals surface area contributed by atoms with Gasteiger partial charge in [-0.1, -0.05) is 58.4 Å². The molecule has 0 bridgehead atoms. The second kappa shape index (κ2) is 11.5. The third-order valence-corrected chi connectivity index (χ3v) is 7.02. The summed E-state index contributed by atoms with van der Waals surface area (Å²) in [7, 11) is 0. The minimum Gasteiger partial charge on any atom is -0.403 e. The van der Waals surface area contributed by atoms with Gasteiger partial charge in [0, 0.05) is 0 Å². The standard InChI is InChI=1S/C27H32F6O/c1-3-4-5-6-18-7-9-20(10-8-18)17(2)13-19-14-23(29)26(24(30)15-19)21-11-12-25(22(28)16-21)34-27(31,32)33/h11-12,14-18,20H,3-10,13H2,1-2H3. The molecule has 1 aliphatic rings. The Morgan fingerprint density at radius 3 is 2.12 bits per heavy atom. The zero-order valence-corrected chi connectivity index (χ0v) is 19.7. The minimum absolute atomic E-state index is 0.192. The maximum absolute atomic E-state index is 14.8. The third-order valence-electron chi connectivity index (χ3n) is 7.02. The van der Waals surface area contributed by atoms with Crippen LogP contribution in [0.3, 0.4) is 0 Å². The van der Waals surface area contributed by atoms with Gasteiger partial charge in [-0.05, 0) is 72.4 Å². The van der Waals surface area contributed by atoms with Gasteiger partial charge in [0.25, 0.3) is 0 Å². The molecule has 0 radical (unpaired) electrons. The molecular weight excluding hydrogens is 454 g/mol. The quantitative estimate of drug-likeness (QED) is 0.254. The Balaban J connectivity index is 1.65. The second-order valence-corrected chi connectivity index (χ2v) is 9.59. The van der Waals surface area contributed by atoms with Crippen molar-refractivity contribution < 1.29 is 31.1 Å². The van der Waals surface area contributed by atoms with Crippen molar-refractivity contribution in [3.05, 3.63) is 53.3 Å². The largest absolute Gasteiger partial charge is 0.573 e. The van der Waals surface area contributed by atoms with Gasteiger partial charge in [-0.15, -0.1) is 13.2 Å². The summed E-state index contributed by atoms with van der Waals surface area (Å²) in [6, 6.07) is 4.84. The lowest BCUT2D eigenvalue weighted by Crippen LogP contribution is -2.21. The van der Waals surface area contributed by atoms with Crippen LogP contribution >= 0.6 is 0 Å². The molecule has 0 aliphatic heterocycles. The van der Waals surface area contributed by atoms with Gasteiger partial charge in [-0.25, -0.2) is 13.2 Å². The molecule has 1 atom stereocenters. The van der Waals surface area contributed by atoms with E-state index in [1.54, 1.807) is 0 Å². The third kappa shape index (κ3) is 7.16. The molecule has 0 heterocycles. The fraction of sp³-hybridized carbons (Fsp3) is 0.556. The smallest absolute Gasteiger partial charge is 0.403 e. The van der Waals surface area contributed by atoms with Crippen LogP contribution in [0, 0.1) is 35.2 Å². The molecule has 0 saturated heterocycles. The lowest BCUT2D eigenvalue weighted by atomic mass is 9.73. The van der Waals surface area contributed by atoms with Gasteiger partial charge >= 0.3 is 6.36 Å². The van der Waals surface area contributed by atoms with Crippen molar-refractivity contribution in [3.8, 4) is 16.9 Å². The number of rotatable bonds is 9. The molecule has 188 valence electrons. The summed E-state index contributed by atoms with van der Waals surface area (Å²) >= 11 is 0. The van der Waals surface area contributed by atoms with Crippen LogP contribution in [0.15, 0.2) is 30.3 Å². The molecule has 0 amide bonds. The van der Waals surface area contributed by atoms with Gasteiger partial charge in [0.15, 0.2) is 11.6 Å². The molecular formula is C27H32F6O. The summed E-state index contributed by atoms with van der Waals surface area (Å²) in [6.45, 7) is 4.32. The summed E-state index contributed by atoms with van der Waals surface area (Å²) in [6.07, 6.45) is 5.23. The summed E-state index contributed by atoms with van der Waals surface area (Å²) in [5.74, 6) is -2.56. The monoisotopic (exact) mass is 486 g/mol. The van der Waals surface area contributed by atoms with Crippen LogP contribution in [-0.4, -0.2) is 6.36 Å². The number of halogens is 6. The Morgan fingerprint density at radius 1 is 0.912 bits per heavy atom. The zero-order chi connectivity index (χ0) is 24.9. The lowest BCUT2D eigenvalue weighted by molar-refractivity contribution is -0.275. The van der Waals surface area contributed by atoms with Crippen molar-refractivity contribution in [3.63, 3.8) is 0 Å². The molecule has 1 nitrogen and oxygen atoms in total. The lowest BCUT2D eigenvalue weighted by Gasteiger charge is -2.32. The van der Waals surface area contributed by atoms with Gasteiger partial charge in [0.2, 0.25) is 0 Å². The molecule has 1 saturated carbocycles. The Kier molecular flexibility index (Phi) is 8.94. The topological polar surface area (TPSA) is 9.23 Å². The van der Waals surface area contributed by atoms with E-state index in [9.17, 15) is 26.3 Å². The molecule has 34 heavy (non-hydrogen) atoms. The van der Waals surface area contributed by atoms with E-state index in [-0.39, 0.29) is 11.5 Å². The van der Waals surface area contributed by atoms with Crippen molar-refractivity contribution in [2.75, 3.05) is 0 Å². The van der Waals surface area contributed by atoms with E-state index in [0.717, 1.165) is 24.8 Å². The molecule has 0 spiro atoms. The van der Waals surface area contributed by atoms with E-state index in [0.29, 0.717) is 30.0 Å². The fourth-order valence-corrected chi connectivity index (χ4v) is 5.15. The average Bonchev–Trinajstić information content (AvgIpc) is 2.75. The van der Waals surface area contributed by atoms with E-state index in [4.69, 9.17) is 0 Å². The van der Waals surface area contributed by atoms with Crippen LogP contribution in [0.2, 0.25) is 0 Å². The molecule has 3 rings (SSSR count). The highest BCUT2D eigenvalue weighted by Crippen LogP contribution is 2.38. The first-order valence-corrected chi connectivity index (χ1v) is 12.1. The van der Waals surface area contributed by atoms with Crippen LogP contribution < -0.4 is 4.74 Å². The van der Waals surface area contributed by atoms with Crippen molar-refractivity contribution in [2.24, 2.45) is 17.8 Å². The van der Waals surface area contributed by atoms with Crippen LogP contribution in [0.4, 0.5) is 26.3 Å². The highest BCUT2D eigenvalue weighted by Gasteiger charge is 2.32. The Hall–Kier alpha value is -2.18. The van der Waals surface area contributed by atoms with E-state index in [1.165, 1.54) is 50.7 Å². The van der Waals surface area contributed by atoms with Gasteiger partial charge in [0.1, 0.15) is 11.6 Å². The highest BCUT2D eigenvalue weighted by atomic mass is 19.4. The molecule has 1 aliphatic carbocycles. The number of hydrogen-bond donors (Lipinski definition) is 0. The molecule has 1 fully saturated rings. The van der Waals surface area contributed by atoms with E-state index in [1.807, 2.05) is 0 Å². The normalized spacial score (nSPS) is 19.8. The number of ether oxygens (including phenoxy) is 1. The van der Waals surface area contributed by atoms with Gasteiger partial charge in [-0.2, -0.15) is 0 Å². The Bertz CT molecular complexity index is 924. The Labute approximate surface area is 197 Å². The van der Waals surface area contributed by atoms with Gasteiger partial charge < -0.3 is 4.74 Å². The number of unbranched alkanes of at least 4 members (excludes halogenated alkanes) is 2. The summed E-state index contributed by atoms with van der Waals surface area (Å²) in [5, 5.41) is 0. The zero-order valence-electron chi connectivity index (χ0n) is 19.7. The highest BCUT2D eigenvalue weighted by molar-refractivity contribution is 5.66. The second-order valence-electron chi connectivity index (χ2n) is 9.59. The van der Waals surface area contributed by atoms with Gasteiger partial charge in [-0.3, -0.25) is 0 Å². The maximum atomic E-state index is 14.8. The van der Waals surface area contributed by atoms with Crippen molar-refractivity contribution in [2.45, 2.75) is 78.0 Å². The molecule has 7 heteroatoms. The summed E-state index contributed by atoms with van der Waals surface area (Å²) < 4.78 is 84.2. The predicted octanol–water partition coefficient (Wildman–Crippen LogP) is 9.23. The number of hydrogen-bond acceptors (Lipinski definition) is 1. The first kappa shape index (κ1) is 26.4. The Morgan fingerprint density at radius 2 is 1.56 bits per heavy atom. The molecule has 0 N–H and O–H groups in total. The van der Waals surface area contributed by atoms with Gasteiger partial charge in [0.05, 0.1) is 5.56 Å². The van der Waals surface area contributed by atoms with Crippen molar-refractivity contribution >= 4 is 0 Å². The first-order chi connectivity index (χ1) is 16.1. The molecule has 2 aromatic rings. The van der Waals surface area contributed by atoms with Crippen LogP contribution in [0.25, 0.3) is 11.1 Å². The molecule has 2 aromatic carbocycles. The van der Waals surface area contributed by atoms with E-state index >= 15 is 0 Å². The van der Waals surface area contributed by atoms with E-state index < -0.39 is 35.1 Å². The fourth-order valence-electron chi connectivity index (χ4n) is 5.15. The van der Waals surface area contributed by atoms with Crippen molar-refractivity contribution in [1.29, 1.82) is 0 Å². The average molecular weight is 487 g/mol. The first-order valence-electron chi connectivity index (χ1n) is 12.1. The van der Waals surface area contributed by atoms with Crippen LogP contribution in [-0.2, 0) is 6.42 Å². The maximum Gasteiger partial charge on any atom is 0.573 e. The number of benzene rings is 2. The number of alkyl halides is 3. The SMILES string of the molecule is CCCCCC1CCC(C(C)Cc2cc(F)c(-c3ccc(OC(F)(F)F)c(F)c3)c(F)c2)CC1. The van der Waals surface area contributed by atoms with E-state index in [2.05, 4.69) is 18.6 Å². The summed E-state index contributed by atoms with van der Waals surface area (Å²) in [4.78, 5) is 0. The van der Waals surface area contributed by atoms with Crippen LogP contribution in [0.5, 0.6) is 5.75 Å². The minimum atomic E-state index is -5.06. The molecule has 0 aromatic heterocycles. The predicted molar refractivity (Wildman–Crippen MR) is 121 cm³/mol. The van der Waals surface area contributed by atoms with Crippen LogP contribution in [0.1, 0.15) is 70.8 Å². The van der Waals surface area contributed by atoms with Crippen molar-refractivity contribution in [1.82, 2.24) is 0 Å².